The van der Waals surface area contributed by atoms with E-state index in [-0.39, 0.29) is 36.3 Å². The van der Waals surface area contributed by atoms with E-state index in [0.29, 0.717) is 13.0 Å². The van der Waals surface area contributed by atoms with Gasteiger partial charge in [-0.2, -0.15) is 0 Å². The quantitative estimate of drug-likeness (QED) is 0.293. The third-order valence-corrected chi connectivity index (χ3v) is 11.5. The number of likely N-dealkylation sites (tertiary alicyclic amines) is 1. The van der Waals surface area contributed by atoms with Crippen molar-refractivity contribution in [1.29, 1.82) is 0 Å². The number of likely N-dealkylation sites (N-methyl/N-ethyl adjacent to an activating group) is 1. The molecule has 10 heteroatoms. The topological polar surface area (TPSA) is 120 Å². The van der Waals surface area contributed by atoms with Crippen LogP contribution in [0.2, 0.25) is 0 Å². The largest absolute Gasteiger partial charge is 0.448 e. The summed E-state index contributed by atoms with van der Waals surface area (Å²) in [6.45, 7) is 3.74. The van der Waals surface area contributed by atoms with Gasteiger partial charge in [-0.1, -0.05) is 72.8 Å². The summed E-state index contributed by atoms with van der Waals surface area (Å²) in [7, 11) is 1.55. The molecule has 2 aliphatic heterocycles. The fraction of sp³-hybridized carbons (Fsp3) is 0.463. The van der Waals surface area contributed by atoms with Crippen LogP contribution in [0.25, 0.3) is 11.1 Å². The van der Waals surface area contributed by atoms with Crippen LogP contribution in [-0.2, 0) is 25.5 Å². The van der Waals surface area contributed by atoms with Gasteiger partial charge in [0.2, 0.25) is 17.7 Å². The highest BCUT2D eigenvalue weighted by Gasteiger charge is 2.42. The number of aryl methyl sites for hydroxylation is 1. The van der Waals surface area contributed by atoms with E-state index in [1.807, 2.05) is 36.4 Å². The number of amides is 4. The highest BCUT2D eigenvalue weighted by Crippen LogP contribution is 2.44. The standard InChI is InChI=1S/C41H49N5O5/c1-26(45(2)41(50)51-25-34-32-16-7-5-14-30(32)31-15-6-8-17-33(31)34)38(47)44-37(28-20-22-42-23-21-28)40(49)46-24-10-19-36(46)39(48)43-35-18-9-12-27-11-3-4-13-29(27)35/h3-8,11,13-17,26,28,34-37,42H,9-10,12,18-25H2,1-2H3,(H,43,48)(H,44,47)/t26-,35+,36-,37-/m0/s1. The van der Waals surface area contributed by atoms with Gasteiger partial charge in [-0.05, 0) is 104 Å². The third-order valence-electron chi connectivity index (χ3n) is 11.5. The third kappa shape index (κ3) is 7.11. The summed E-state index contributed by atoms with van der Waals surface area (Å²) < 4.78 is 5.83. The number of benzene rings is 3. The molecular formula is C41H49N5O5. The molecule has 4 aliphatic rings. The van der Waals surface area contributed by atoms with Crippen molar-refractivity contribution in [2.75, 3.05) is 33.3 Å². The van der Waals surface area contributed by atoms with Crippen LogP contribution in [0.5, 0.6) is 0 Å². The van der Waals surface area contributed by atoms with Crippen molar-refractivity contribution in [1.82, 2.24) is 25.8 Å². The Morgan fingerprint density at radius 2 is 1.51 bits per heavy atom. The number of ether oxygens (including phenoxy) is 1. The van der Waals surface area contributed by atoms with Gasteiger partial charge >= 0.3 is 6.09 Å². The number of carbonyl (C=O) groups is 4. The molecule has 10 nitrogen and oxygen atoms in total. The van der Waals surface area contributed by atoms with E-state index in [0.717, 1.165) is 79.4 Å². The van der Waals surface area contributed by atoms with E-state index in [4.69, 9.17) is 4.74 Å². The molecule has 3 aromatic carbocycles. The zero-order valence-electron chi connectivity index (χ0n) is 29.6. The molecule has 0 saturated carbocycles. The van der Waals surface area contributed by atoms with Crippen LogP contribution < -0.4 is 16.0 Å². The average Bonchev–Trinajstić information content (AvgIpc) is 3.79. The molecule has 3 N–H and O–H groups in total. The van der Waals surface area contributed by atoms with E-state index in [2.05, 4.69) is 52.3 Å². The number of nitrogens with zero attached hydrogens (tertiary/aromatic N) is 2. The Hall–Kier alpha value is -4.70. The van der Waals surface area contributed by atoms with Gasteiger partial charge in [-0.15, -0.1) is 0 Å². The van der Waals surface area contributed by atoms with Gasteiger partial charge in [0.05, 0.1) is 6.04 Å². The lowest BCUT2D eigenvalue weighted by molar-refractivity contribution is -0.143. The minimum Gasteiger partial charge on any atom is -0.448 e. The Morgan fingerprint density at radius 1 is 0.863 bits per heavy atom. The molecule has 2 saturated heterocycles. The molecule has 0 spiro atoms. The summed E-state index contributed by atoms with van der Waals surface area (Å²) in [5, 5.41) is 9.65. The molecular weight excluding hydrogens is 642 g/mol. The Balaban J connectivity index is 1.00. The van der Waals surface area contributed by atoms with Crippen LogP contribution in [0.4, 0.5) is 4.79 Å². The molecule has 0 radical (unpaired) electrons. The summed E-state index contributed by atoms with van der Waals surface area (Å²) in [6.07, 6.45) is 5.01. The van der Waals surface area contributed by atoms with Crippen LogP contribution >= 0.6 is 0 Å². The van der Waals surface area contributed by atoms with E-state index in [9.17, 15) is 19.2 Å². The van der Waals surface area contributed by atoms with E-state index >= 15 is 0 Å². The fourth-order valence-electron chi connectivity index (χ4n) is 8.52. The molecule has 2 fully saturated rings. The van der Waals surface area contributed by atoms with E-state index in [1.54, 1.807) is 18.9 Å². The van der Waals surface area contributed by atoms with Gasteiger partial charge in [0.1, 0.15) is 24.7 Å². The lowest BCUT2D eigenvalue weighted by Gasteiger charge is -2.36. The second kappa shape index (κ2) is 15.3. The van der Waals surface area contributed by atoms with Gasteiger partial charge in [0, 0.05) is 19.5 Å². The van der Waals surface area contributed by atoms with Crippen molar-refractivity contribution in [3.05, 3.63) is 95.1 Å². The lowest BCUT2D eigenvalue weighted by Crippen LogP contribution is -2.59. The Morgan fingerprint density at radius 3 is 2.22 bits per heavy atom. The maximum atomic E-state index is 14.4. The zero-order chi connectivity index (χ0) is 35.5. The predicted octanol–water partition coefficient (Wildman–Crippen LogP) is 4.93. The van der Waals surface area contributed by atoms with Gasteiger partial charge < -0.3 is 25.6 Å². The maximum absolute atomic E-state index is 14.4. The molecule has 4 atom stereocenters. The number of nitrogens with one attached hydrogen (secondary N) is 3. The lowest BCUT2D eigenvalue weighted by atomic mass is 9.87. The summed E-state index contributed by atoms with van der Waals surface area (Å²) in [5.41, 5.74) is 6.92. The summed E-state index contributed by atoms with van der Waals surface area (Å²) >= 11 is 0. The first kappa shape index (κ1) is 34.7. The molecule has 51 heavy (non-hydrogen) atoms. The molecule has 7 rings (SSSR count). The Kier molecular flexibility index (Phi) is 10.4. The van der Waals surface area contributed by atoms with Gasteiger partial charge in [-0.3, -0.25) is 19.3 Å². The minimum absolute atomic E-state index is 0.0748. The molecule has 2 heterocycles. The van der Waals surface area contributed by atoms with Crippen LogP contribution in [0.15, 0.2) is 72.8 Å². The highest BCUT2D eigenvalue weighted by atomic mass is 16.6. The second-order valence-corrected chi connectivity index (χ2v) is 14.5. The molecule has 3 aromatic rings. The molecule has 4 amide bonds. The minimum atomic E-state index is -0.887. The first-order valence-electron chi connectivity index (χ1n) is 18.6. The number of piperidine rings is 1. The van der Waals surface area contributed by atoms with Crippen LogP contribution in [0.1, 0.15) is 79.7 Å². The summed E-state index contributed by atoms with van der Waals surface area (Å²) in [6, 6.07) is 22.2. The van der Waals surface area contributed by atoms with Gasteiger partial charge in [0.15, 0.2) is 0 Å². The monoisotopic (exact) mass is 691 g/mol. The number of rotatable bonds is 9. The van der Waals surface area contributed by atoms with Gasteiger partial charge in [-0.25, -0.2) is 4.79 Å². The van der Waals surface area contributed by atoms with Crippen LogP contribution in [-0.4, -0.2) is 85.0 Å². The second-order valence-electron chi connectivity index (χ2n) is 14.5. The molecule has 0 bridgehead atoms. The number of hydrogen-bond acceptors (Lipinski definition) is 6. The highest BCUT2D eigenvalue weighted by molar-refractivity contribution is 5.94. The van der Waals surface area contributed by atoms with Crippen molar-refractivity contribution in [2.45, 2.75) is 82.0 Å². The van der Waals surface area contributed by atoms with Crippen molar-refractivity contribution < 1.29 is 23.9 Å². The predicted molar refractivity (Wildman–Crippen MR) is 195 cm³/mol. The molecule has 268 valence electrons. The van der Waals surface area contributed by atoms with Crippen molar-refractivity contribution in [3.8, 4) is 11.1 Å². The molecule has 0 aromatic heterocycles. The number of carbonyl (C=O) groups excluding carboxylic acids is 4. The average molecular weight is 692 g/mol. The zero-order valence-corrected chi connectivity index (χ0v) is 29.6. The number of fused-ring (bicyclic) bond motifs is 4. The van der Waals surface area contributed by atoms with Crippen molar-refractivity contribution in [3.63, 3.8) is 0 Å². The van der Waals surface area contributed by atoms with Crippen molar-refractivity contribution >= 4 is 23.8 Å². The van der Waals surface area contributed by atoms with E-state index < -0.39 is 30.1 Å². The summed E-state index contributed by atoms with van der Waals surface area (Å²) in [5.74, 6) is -0.986. The smallest absolute Gasteiger partial charge is 0.410 e. The number of hydrogen-bond donors (Lipinski definition) is 3. The van der Waals surface area contributed by atoms with Crippen molar-refractivity contribution in [2.24, 2.45) is 5.92 Å². The normalized spacial score (nSPS) is 21.1. The summed E-state index contributed by atoms with van der Waals surface area (Å²) in [4.78, 5) is 58.3. The Bertz CT molecular complexity index is 1730. The van der Waals surface area contributed by atoms with E-state index in [1.165, 1.54) is 10.5 Å². The van der Waals surface area contributed by atoms with Crippen LogP contribution in [0, 0.1) is 5.92 Å². The van der Waals surface area contributed by atoms with Crippen LogP contribution in [0.3, 0.4) is 0 Å². The first-order chi connectivity index (χ1) is 24.8. The SMILES string of the molecule is C[C@@H](C(=O)N[C@H](C(=O)N1CCC[C@H]1C(=O)N[C@@H]1CCCc2ccccc21)C1CCNCC1)N(C)C(=O)OCC1c2ccccc2-c2ccccc21. The van der Waals surface area contributed by atoms with Gasteiger partial charge in [0.25, 0.3) is 0 Å². The Labute approximate surface area is 300 Å². The molecule has 0 unspecified atom stereocenters. The molecule has 2 aliphatic carbocycles. The first-order valence-corrected chi connectivity index (χ1v) is 18.6. The maximum Gasteiger partial charge on any atom is 0.410 e. The fourth-order valence-corrected chi connectivity index (χ4v) is 8.52.